The first kappa shape index (κ1) is 21.2. The molecule has 3 nitrogen and oxygen atoms in total. The fourth-order valence-electron chi connectivity index (χ4n) is 5.89. The molecule has 4 heteroatoms. The summed E-state index contributed by atoms with van der Waals surface area (Å²) in [6.07, 6.45) is 6.90. The topological polar surface area (TPSA) is 41.1 Å². The minimum atomic E-state index is 0.0488. The maximum absolute atomic E-state index is 12.5. The first-order valence-electron chi connectivity index (χ1n) is 12.1. The number of allylic oxidation sites excluding steroid dienone is 2. The van der Waals surface area contributed by atoms with Crippen molar-refractivity contribution in [1.29, 1.82) is 0 Å². The molecular formula is C30H27ClN2O. The number of nitrogens with one attached hydrogen (secondary N) is 2. The molecule has 1 aliphatic carbocycles. The lowest BCUT2D eigenvalue weighted by atomic mass is 9.74. The molecule has 0 bridgehead atoms. The molecule has 4 aromatic rings. The molecule has 0 spiro atoms. The van der Waals surface area contributed by atoms with Crippen LogP contribution in [0, 0.1) is 5.92 Å². The van der Waals surface area contributed by atoms with Crippen LogP contribution in [-0.2, 0) is 4.79 Å². The highest BCUT2D eigenvalue weighted by molar-refractivity contribution is 6.33. The summed E-state index contributed by atoms with van der Waals surface area (Å²) in [5.41, 5.74) is 4.24. The summed E-state index contributed by atoms with van der Waals surface area (Å²) in [5.74, 6) is 0.573. The first-order valence-corrected chi connectivity index (χ1v) is 12.5. The number of hydrogen-bond acceptors (Lipinski definition) is 2. The van der Waals surface area contributed by atoms with E-state index in [1.807, 2.05) is 19.1 Å². The molecule has 0 saturated heterocycles. The van der Waals surface area contributed by atoms with Crippen LogP contribution in [0.3, 0.4) is 0 Å². The lowest BCUT2D eigenvalue weighted by molar-refractivity contribution is -0.116. The number of rotatable bonds is 4. The minimum Gasteiger partial charge on any atom is -0.376 e. The van der Waals surface area contributed by atoms with Gasteiger partial charge in [0.25, 0.3) is 0 Å². The Morgan fingerprint density at radius 3 is 2.41 bits per heavy atom. The average molecular weight is 467 g/mol. The molecule has 0 aromatic heterocycles. The zero-order valence-corrected chi connectivity index (χ0v) is 19.9. The lowest BCUT2D eigenvalue weighted by Crippen LogP contribution is -2.30. The predicted octanol–water partition coefficient (Wildman–Crippen LogP) is 8.21. The quantitative estimate of drug-likeness (QED) is 0.235. The van der Waals surface area contributed by atoms with Gasteiger partial charge in [-0.05, 0) is 64.1 Å². The van der Waals surface area contributed by atoms with Gasteiger partial charge < -0.3 is 10.6 Å². The molecule has 3 unspecified atom stereocenters. The Labute approximate surface area is 204 Å². The van der Waals surface area contributed by atoms with Crippen LogP contribution in [-0.4, -0.2) is 5.91 Å². The van der Waals surface area contributed by atoms with E-state index in [1.54, 1.807) is 0 Å². The third kappa shape index (κ3) is 3.38. The van der Waals surface area contributed by atoms with Crippen molar-refractivity contribution < 1.29 is 4.79 Å². The van der Waals surface area contributed by atoms with E-state index in [0.717, 1.165) is 29.8 Å². The van der Waals surface area contributed by atoms with Gasteiger partial charge in [-0.3, -0.25) is 4.79 Å². The standard InChI is InChI=1S/C30H27ClN2O/c1-2-8-26(34)32-25-16-15-24(31)30-28(25)22-13-7-14-23(22)29(33-30)27-20-11-5-3-9-18(20)17-19-10-4-6-12-21(19)27/h3-7,9-13,15-17,22-23,29,33H,2,8,14H2,1H3,(H,32,34). The van der Waals surface area contributed by atoms with Crippen molar-refractivity contribution in [3.05, 3.63) is 95.0 Å². The van der Waals surface area contributed by atoms with E-state index in [0.29, 0.717) is 17.4 Å². The Balaban J connectivity index is 1.55. The summed E-state index contributed by atoms with van der Waals surface area (Å²) in [5, 5.41) is 12.7. The number of halogens is 1. The van der Waals surface area contributed by atoms with Gasteiger partial charge in [0.2, 0.25) is 5.91 Å². The Bertz CT molecular complexity index is 1400. The van der Waals surface area contributed by atoms with Gasteiger partial charge in [-0.25, -0.2) is 0 Å². The molecule has 34 heavy (non-hydrogen) atoms. The van der Waals surface area contributed by atoms with Crippen molar-refractivity contribution >= 4 is 50.4 Å². The van der Waals surface area contributed by atoms with E-state index in [-0.39, 0.29) is 17.9 Å². The molecule has 1 heterocycles. The Morgan fingerprint density at radius 1 is 1.00 bits per heavy atom. The molecule has 1 aliphatic heterocycles. The van der Waals surface area contributed by atoms with Gasteiger partial charge in [0.05, 0.1) is 16.8 Å². The van der Waals surface area contributed by atoms with Gasteiger partial charge in [0, 0.05) is 23.6 Å². The summed E-state index contributed by atoms with van der Waals surface area (Å²) >= 11 is 6.79. The van der Waals surface area contributed by atoms with Gasteiger partial charge in [0.1, 0.15) is 0 Å². The average Bonchev–Trinajstić information content (AvgIpc) is 3.34. The molecule has 1 amide bonds. The van der Waals surface area contributed by atoms with Crippen molar-refractivity contribution in [2.75, 3.05) is 10.6 Å². The number of carbonyl (C=O) groups is 1. The number of amides is 1. The fraction of sp³-hybridized carbons (Fsp3) is 0.233. The molecule has 3 atom stereocenters. The summed E-state index contributed by atoms with van der Waals surface area (Å²) in [6.45, 7) is 2.02. The second-order valence-electron chi connectivity index (χ2n) is 9.39. The van der Waals surface area contributed by atoms with Crippen LogP contribution < -0.4 is 10.6 Å². The van der Waals surface area contributed by atoms with E-state index in [2.05, 4.69) is 77.4 Å². The lowest BCUT2D eigenvalue weighted by Gasteiger charge is -2.40. The monoisotopic (exact) mass is 466 g/mol. The van der Waals surface area contributed by atoms with Crippen molar-refractivity contribution in [3.63, 3.8) is 0 Å². The second-order valence-corrected chi connectivity index (χ2v) is 9.80. The van der Waals surface area contributed by atoms with E-state index in [1.165, 1.54) is 27.1 Å². The predicted molar refractivity (Wildman–Crippen MR) is 143 cm³/mol. The van der Waals surface area contributed by atoms with Crippen LogP contribution in [0.4, 0.5) is 11.4 Å². The smallest absolute Gasteiger partial charge is 0.224 e. The number of hydrogen-bond donors (Lipinski definition) is 2. The summed E-state index contributed by atoms with van der Waals surface area (Å²) < 4.78 is 0. The van der Waals surface area contributed by atoms with Gasteiger partial charge in [0.15, 0.2) is 0 Å². The zero-order valence-electron chi connectivity index (χ0n) is 19.1. The summed E-state index contributed by atoms with van der Waals surface area (Å²) in [7, 11) is 0. The van der Waals surface area contributed by atoms with Gasteiger partial charge >= 0.3 is 0 Å². The van der Waals surface area contributed by atoms with Crippen molar-refractivity contribution in [2.45, 2.75) is 38.1 Å². The number of carbonyl (C=O) groups excluding carboxylic acids is 1. The molecule has 0 radical (unpaired) electrons. The normalized spacial score (nSPS) is 20.7. The molecule has 2 N–H and O–H groups in total. The molecule has 6 rings (SSSR count). The molecule has 0 saturated carbocycles. The van der Waals surface area contributed by atoms with Crippen LogP contribution in [0.15, 0.2) is 78.9 Å². The Hall–Kier alpha value is -3.30. The van der Waals surface area contributed by atoms with Gasteiger partial charge in [-0.15, -0.1) is 0 Å². The molecule has 170 valence electrons. The maximum Gasteiger partial charge on any atom is 0.224 e. The van der Waals surface area contributed by atoms with Crippen LogP contribution in [0.1, 0.15) is 49.3 Å². The minimum absolute atomic E-state index is 0.0488. The maximum atomic E-state index is 12.5. The Kier molecular flexibility index (Phi) is 5.30. The number of anilines is 2. The summed E-state index contributed by atoms with van der Waals surface area (Å²) in [6, 6.07) is 23.5. The van der Waals surface area contributed by atoms with Crippen LogP contribution in [0.25, 0.3) is 21.5 Å². The van der Waals surface area contributed by atoms with Gasteiger partial charge in [-0.1, -0.05) is 79.2 Å². The molecular weight excluding hydrogens is 440 g/mol. The van der Waals surface area contributed by atoms with Crippen LogP contribution >= 0.6 is 11.6 Å². The van der Waals surface area contributed by atoms with Crippen LogP contribution in [0.2, 0.25) is 5.02 Å². The van der Waals surface area contributed by atoms with Crippen molar-refractivity contribution in [1.82, 2.24) is 0 Å². The van der Waals surface area contributed by atoms with E-state index >= 15 is 0 Å². The first-order chi connectivity index (χ1) is 16.7. The molecule has 2 aliphatic rings. The van der Waals surface area contributed by atoms with Gasteiger partial charge in [-0.2, -0.15) is 0 Å². The third-order valence-electron chi connectivity index (χ3n) is 7.34. The van der Waals surface area contributed by atoms with E-state index < -0.39 is 0 Å². The zero-order chi connectivity index (χ0) is 23.2. The SMILES string of the molecule is CCCC(=O)Nc1ccc(Cl)c2c1C1C=CCC1C(c1c3ccccc3cc3ccccc13)N2. The number of fused-ring (bicyclic) bond motifs is 5. The van der Waals surface area contributed by atoms with E-state index in [9.17, 15) is 4.79 Å². The Morgan fingerprint density at radius 2 is 1.71 bits per heavy atom. The number of benzene rings is 4. The second kappa shape index (κ2) is 8.48. The molecule has 4 aromatic carbocycles. The third-order valence-corrected chi connectivity index (χ3v) is 7.66. The largest absolute Gasteiger partial charge is 0.376 e. The van der Waals surface area contributed by atoms with Crippen molar-refractivity contribution in [3.8, 4) is 0 Å². The molecule has 0 fully saturated rings. The summed E-state index contributed by atoms with van der Waals surface area (Å²) in [4.78, 5) is 12.5. The highest BCUT2D eigenvalue weighted by Crippen LogP contribution is 2.55. The van der Waals surface area contributed by atoms with Crippen LogP contribution in [0.5, 0.6) is 0 Å². The fourth-order valence-corrected chi connectivity index (χ4v) is 6.11. The van der Waals surface area contributed by atoms with Crippen molar-refractivity contribution in [2.24, 2.45) is 5.92 Å². The highest BCUT2D eigenvalue weighted by Gasteiger charge is 2.41. The highest BCUT2D eigenvalue weighted by atomic mass is 35.5. The van der Waals surface area contributed by atoms with E-state index in [4.69, 9.17) is 11.6 Å².